The number of nitrogens with one attached hydrogen (secondary N) is 2. The van der Waals surface area contributed by atoms with Crippen molar-refractivity contribution in [2.75, 3.05) is 50.7 Å². The van der Waals surface area contributed by atoms with Gasteiger partial charge in [0.25, 0.3) is 0 Å². The molecule has 0 radical (unpaired) electrons. The van der Waals surface area contributed by atoms with Crippen molar-refractivity contribution in [2.45, 2.75) is 33.2 Å². The molecule has 1 aliphatic heterocycles. The number of piperazine rings is 1. The Morgan fingerprint density at radius 2 is 2.00 bits per heavy atom. The van der Waals surface area contributed by atoms with E-state index in [2.05, 4.69) is 65.6 Å². The molecular weight excluding hydrogens is 306 g/mol. The Labute approximate surface area is 144 Å². The van der Waals surface area contributed by atoms with Gasteiger partial charge in [-0.3, -0.25) is 4.99 Å². The van der Waals surface area contributed by atoms with Crippen molar-refractivity contribution < 1.29 is 0 Å². The normalized spacial score (nSPS) is 16.8. The molecule has 0 spiro atoms. The van der Waals surface area contributed by atoms with Crippen molar-refractivity contribution in [1.29, 1.82) is 0 Å². The lowest BCUT2D eigenvalue weighted by atomic mass is 10.1. The molecule has 1 fully saturated rings. The molecule has 2 heterocycles. The Kier molecular flexibility index (Phi) is 6.72. The molecule has 1 aromatic heterocycles. The van der Waals surface area contributed by atoms with E-state index in [0.29, 0.717) is 0 Å². The predicted octanol–water partition coefficient (Wildman–Crippen LogP) is 2.22. The molecule has 1 aliphatic rings. The van der Waals surface area contributed by atoms with Crippen molar-refractivity contribution in [1.82, 2.24) is 15.5 Å². The maximum absolute atomic E-state index is 4.78. The largest absolute Gasteiger partial charge is 0.360 e. The highest BCUT2D eigenvalue weighted by atomic mass is 32.1. The second kappa shape index (κ2) is 8.55. The molecule has 6 heteroatoms. The van der Waals surface area contributed by atoms with Gasteiger partial charge in [-0.2, -0.15) is 0 Å². The molecule has 23 heavy (non-hydrogen) atoms. The van der Waals surface area contributed by atoms with Gasteiger partial charge < -0.3 is 20.4 Å². The van der Waals surface area contributed by atoms with Crippen LogP contribution in [-0.2, 0) is 0 Å². The van der Waals surface area contributed by atoms with Crippen molar-refractivity contribution in [3.05, 3.63) is 17.5 Å². The molecule has 0 aliphatic carbocycles. The molecule has 0 amide bonds. The lowest BCUT2D eigenvalue weighted by Gasteiger charge is -2.37. The lowest BCUT2D eigenvalue weighted by Crippen LogP contribution is -2.52. The van der Waals surface area contributed by atoms with Crippen LogP contribution in [0.4, 0.5) is 5.00 Å². The molecule has 5 nitrogen and oxygen atoms in total. The van der Waals surface area contributed by atoms with E-state index in [1.165, 1.54) is 5.00 Å². The molecule has 0 unspecified atom stereocenters. The van der Waals surface area contributed by atoms with Crippen LogP contribution in [-0.4, -0.2) is 62.2 Å². The zero-order chi connectivity index (χ0) is 16.7. The van der Waals surface area contributed by atoms with Gasteiger partial charge in [0.05, 0.1) is 11.5 Å². The zero-order valence-electron chi connectivity index (χ0n) is 14.9. The van der Waals surface area contributed by atoms with Gasteiger partial charge in [0, 0.05) is 44.8 Å². The monoisotopic (exact) mass is 337 g/mol. The Balaban J connectivity index is 1.84. The van der Waals surface area contributed by atoms with Crippen LogP contribution in [0.3, 0.4) is 0 Å². The first-order valence-electron chi connectivity index (χ1n) is 8.56. The number of thiophene rings is 1. The number of guanidine groups is 1. The van der Waals surface area contributed by atoms with E-state index in [0.717, 1.165) is 51.8 Å². The minimum absolute atomic E-state index is 0.153. The van der Waals surface area contributed by atoms with E-state index in [-0.39, 0.29) is 5.54 Å². The van der Waals surface area contributed by atoms with Crippen LogP contribution in [0.5, 0.6) is 0 Å². The number of aliphatic imine (C=N–C) groups is 1. The summed E-state index contributed by atoms with van der Waals surface area (Å²) in [6.07, 6.45) is 0. The van der Waals surface area contributed by atoms with Crippen molar-refractivity contribution >= 4 is 22.3 Å². The second-order valence-electron chi connectivity index (χ2n) is 6.84. The zero-order valence-corrected chi connectivity index (χ0v) is 15.7. The quantitative estimate of drug-likeness (QED) is 0.491. The molecule has 0 bridgehead atoms. The summed E-state index contributed by atoms with van der Waals surface area (Å²) >= 11 is 1.82. The van der Waals surface area contributed by atoms with Gasteiger partial charge in [-0.1, -0.05) is 0 Å². The third kappa shape index (κ3) is 6.03. The SMILES string of the molecule is CCNC(=NCCNC(C)(C)C)N1CCN(c2cccs2)CC1. The smallest absolute Gasteiger partial charge is 0.194 e. The topological polar surface area (TPSA) is 42.9 Å². The molecule has 2 N–H and O–H groups in total. The van der Waals surface area contributed by atoms with Crippen molar-refractivity contribution in [3.8, 4) is 0 Å². The first kappa shape index (κ1) is 18.1. The van der Waals surface area contributed by atoms with Crippen LogP contribution in [0.2, 0.25) is 0 Å². The fourth-order valence-electron chi connectivity index (χ4n) is 2.61. The van der Waals surface area contributed by atoms with Crippen molar-refractivity contribution in [3.63, 3.8) is 0 Å². The summed E-state index contributed by atoms with van der Waals surface area (Å²) in [6, 6.07) is 4.33. The van der Waals surface area contributed by atoms with Gasteiger partial charge in [0.1, 0.15) is 0 Å². The Morgan fingerprint density at radius 1 is 1.26 bits per heavy atom. The summed E-state index contributed by atoms with van der Waals surface area (Å²) in [4.78, 5) is 9.62. The van der Waals surface area contributed by atoms with E-state index in [1.807, 2.05) is 11.3 Å². The lowest BCUT2D eigenvalue weighted by molar-refractivity contribution is 0.372. The van der Waals surface area contributed by atoms with E-state index in [4.69, 9.17) is 4.99 Å². The third-order valence-corrected chi connectivity index (χ3v) is 4.69. The molecule has 0 saturated carbocycles. The highest BCUT2D eigenvalue weighted by molar-refractivity contribution is 7.14. The number of hydrogen-bond donors (Lipinski definition) is 2. The summed E-state index contributed by atoms with van der Waals surface area (Å²) in [5, 5.41) is 10.4. The molecule has 130 valence electrons. The minimum Gasteiger partial charge on any atom is -0.360 e. The molecular formula is C17H31N5S. The standard InChI is InChI=1S/C17H31N5S/c1-5-18-16(19-8-9-20-17(2,3)4)22-12-10-21(11-13-22)15-7-6-14-23-15/h6-7,14,20H,5,8-13H2,1-4H3,(H,18,19). The fourth-order valence-corrected chi connectivity index (χ4v) is 3.39. The highest BCUT2D eigenvalue weighted by Crippen LogP contribution is 2.22. The predicted molar refractivity (Wildman–Crippen MR) is 102 cm³/mol. The van der Waals surface area contributed by atoms with Crippen LogP contribution in [0.15, 0.2) is 22.5 Å². The van der Waals surface area contributed by atoms with E-state index < -0.39 is 0 Å². The maximum atomic E-state index is 4.78. The van der Waals surface area contributed by atoms with E-state index in [1.54, 1.807) is 0 Å². The summed E-state index contributed by atoms with van der Waals surface area (Å²) in [7, 11) is 0. The number of hydrogen-bond acceptors (Lipinski definition) is 4. The Bertz CT molecular complexity index is 470. The average Bonchev–Trinajstić information content (AvgIpc) is 3.04. The van der Waals surface area contributed by atoms with Gasteiger partial charge in [-0.25, -0.2) is 0 Å². The molecule has 1 saturated heterocycles. The van der Waals surface area contributed by atoms with E-state index >= 15 is 0 Å². The van der Waals surface area contributed by atoms with Gasteiger partial charge in [-0.15, -0.1) is 11.3 Å². The molecule has 0 aromatic carbocycles. The van der Waals surface area contributed by atoms with Crippen LogP contribution < -0.4 is 15.5 Å². The Morgan fingerprint density at radius 3 is 2.57 bits per heavy atom. The molecule has 1 aromatic rings. The summed E-state index contributed by atoms with van der Waals surface area (Å²) < 4.78 is 0. The molecule has 0 atom stereocenters. The summed E-state index contributed by atoms with van der Waals surface area (Å²) in [6.45, 7) is 15.5. The second-order valence-corrected chi connectivity index (χ2v) is 7.76. The number of rotatable bonds is 5. The van der Waals surface area contributed by atoms with Gasteiger partial charge in [0.2, 0.25) is 0 Å². The molecule has 2 rings (SSSR count). The number of anilines is 1. The Hall–Kier alpha value is -1.27. The average molecular weight is 338 g/mol. The minimum atomic E-state index is 0.153. The van der Waals surface area contributed by atoms with Crippen LogP contribution in [0, 0.1) is 0 Å². The summed E-state index contributed by atoms with van der Waals surface area (Å²) in [5.41, 5.74) is 0.153. The van der Waals surface area contributed by atoms with Crippen LogP contribution >= 0.6 is 11.3 Å². The first-order valence-corrected chi connectivity index (χ1v) is 9.44. The van der Waals surface area contributed by atoms with Gasteiger partial charge in [-0.05, 0) is 45.2 Å². The summed E-state index contributed by atoms with van der Waals surface area (Å²) in [5.74, 6) is 1.05. The van der Waals surface area contributed by atoms with Crippen molar-refractivity contribution in [2.24, 2.45) is 4.99 Å². The van der Waals surface area contributed by atoms with Gasteiger partial charge >= 0.3 is 0 Å². The number of nitrogens with zero attached hydrogens (tertiary/aromatic N) is 3. The highest BCUT2D eigenvalue weighted by Gasteiger charge is 2.20. The van der Waals surface area contributed by atoms with Gasteiger partial charge in [0.15, 0.2) is 5.96 Å². The first-order chi connectivity index (χ1) is 11.0. The third-order valence-electron chi connectivity index (χ3n) is 3.76. The maximum Gasteiger partial charge on any atom is 0.194 e. The van der Waals surface area contributed by atoms with Crippen LogP contribution in [0.25, 0.3) is 0 Å². The fraction of sp³-hybridized carbons (Fsp3) is 0.706. The van der Waals surface area contributed by atoms with Crippen LogP contribution in [0.1, 0.15) is 27.7 Å². The van der Waals surface area contributed by atoms with E-state index in [9.17, 15) is 0 Å².